The maximum atomic E-state index is 5.41. The van der Waals surface area contributed by atoms with E-state index < -0.39 is 0 Å². The molecule has 0 fully saturated rings. The maximum Gasteiger partial charge on any atom is 0.132 e. The summed E-state index contributed by atoms with van der Waals surface area (Å²) < 4.78 is 5.41. The molecular formula is C15H18N2O. The van der Waals surface area contributed by atoms with Crippen LogP contribution in [0.4, 0.5) is 11.5 Å². The molecule has 18 heavy (non-hydrogen) atoms. The van der Waals surface area contributed by atoms with Gasteiger partial charge in [-0.05, 0) is 43.2 Å². The van der Waals surface area contributed by atoms with Gasteiger partial charge in [0.25, 0.3) is 0 Å². The van der Waals surface area contributed by atoms with E-state index >= 15 is 0 Å². The van der Waals surface area contributed by atoms with Gasteiger partial charge in [0.2, 0.25) is 0 Å². The monoisotopic (exact) mass is 242 g/mol. The fourth-order valence-corrected chi connectivity index (χ4v) is 1.90. The molecule has 0 aliphatic rings. The van der Waals surface area contributed by atoms with E-state index in [1.54, 1.807) is 13.3 Å². The summed E-state index contributed by atoms with van der Waals surface area (Å²) in [5, 5.41) is 0. The molecule has 0 bridgehead atoms. The van der Waals surface area contributed by atoms with E-state index in [1.807, 2.05) is 31.3 Å². The lowest BCUT2D eigenvalue weighted by atomic mass is 10.1. The summed E-state index contributed by atoms with van der Waals surface area (Å²) in [5.41, 5.74) is 3.47. The zero-order valence-corrected chi connectivity index (χ0v) is 11.3. The van der Waals surface area contributed by atoms with Crippen LogP contribution in [0.1, 0.15) is 11.1 Å². The van der Waals surface area contributed by atoms with Gasteiger partial charge in [0, 0.05) is 25.0 Å². The first-order valence-electron chi connectivity index (χ1n) is 5.93. The first-order chi connectivity index (χ1) is 8.63. The minimum Gasteiger partial charge on any atom is -0.496 e. The van der Waals surface area contributed by atoms with Gasteiger partial charge in [0.15, 0.2) is 0 Å². The Morgan fingerprint density at radius 1 is 1.17 bits per heavy atom. The number of rotatable bonds is 3. The average Bonchev–Trinajstić information content (AvgIpc) is 2.42. The Hall–Kier alpha value is -2.03. The van der Waals surface area contributed by atoms with E-state index in [0.29, 0.717) is 0 Å². The molecule has 0 saturated carbocycles. The van der Waals surface area contributed by atoms with Crippen LogP contribution in [0, 0.1) is 13.8 Å². The van der Waals surface area contributed by atoms with Crippen LogP contribution in [0.25, 0.3) is 0 Å². The molecule has 0 atom stereocenters. The molecule has 3 nitrogen and oxygen atoms in total. The first-order valence-corrected chi connectivity index (χ1v) is 5.93. The van der Waals surface area contributed by atoms with Crippen molar-refractivity contribution in [2.45, 2.75) is 13.8 Å². The molecule has 2 rings (SSSR count). The largest absolute Gasteiger partial charge is 0.496 e. The van der Waals surface area contributed by atoms with Gasteiger partial charge in [-0.2, -0.15) is 0 Å². The normalized spacial score (nSPS) is 10.2. The van der Waals surface area contributed by atoms with Crippen molar-refractivity contribution in [1.82, 2.24) is 4.98 Å². The molecule has 2 aromatic rings. The summed E-state index contributed by atoms with van der Waals surface area (Å²) in [6.07, 6.45) is 1.80. The second kappa shape index (κ2) is 5.08. The topological polar surface area (TPSA) is 25.4 Å². The minimum absolute atomic E-state index is 0.910. The molecule has 0 N–H and O–H groups in total. The summed E-state index contributed by atoms with van der Waals surface area (Å²) in [5.74, 6) is 1.83. The molecule has 0 amide bonds. The Morgan fingerprint density at radius 2 is 1.94 bits per heavy atom. The summed E-state index contributed by atoms with van der Waals surface area (Å²) in [7, 11) is 3.71. The van der Waals surface area contributed by atoms with Crippen LogP contribution in [0.3, 0.4) is 0 Å². The average molecular weight is 242 g/mol. The highest BCUT2D eigenvalue weighted by Crippen LogP contribution is 2.30. The zero-order valence-electron chi connectivity index (χ0n) is 11.3. The van der Waals surface area contributed by atoms with E-state index in [-0.39, 0.29) is 0 Å². The predicted octanol–water partition coefficient (Wildman–Crippen LogP) is 3.47. The van der Waals surface area contributed by atoms with Crippen molar-refractivity contribution in [3.63, 3.8) is 0 Å². The number of aromatic nitrogens is 1. The molecule has 1 aromatic heterocycles. The van der Waals surface area contributed by atoms with Gasteiger partial charge in [-0.3, -0.25) is 0 Å². The van der Waals surface area contributed by atoms with Crippen molar-refractivity contribution >= 4 is 11.5 Å². The lowest BCUT2D eigenvalue weighted by Gasteiger charge is -2.20. The van der Waals surface area contributed by atoms with Crippen LogP contribution in [0.5, 0.6) is 5.75 Å². The third-order valence-corrected chi connectivity index (χ3v) is 3.20. The van der Waals surface area contributed by atoms with E-state index in [0.717, 1.165) is 17.3 Å². The fourth-order valence-electron chi connectivity index (χ4n) is 1.90. The predicted molar refractivity (Wildman–Crippen MR) is 74.8 cm³/mol. The molecule has 0 aliphatic heterocycles. The van der Waals surface area contributed by atoms with Crippen LogP contribution in [0.2, 0.25) is 0 Å². The van der Waals surface area contributed by atoms with Crippen molar-refractivity contribution in [2.24, 2.45) is 0 Å². The highest BCUT2D eigenvalue weighted by atomic mass is 16.5. The summed E-state index contributed by atoms with van der Waals surface area (Å²) in [6.45, 7) is 4.16. The molecule has 94 valence electrons. The standard InChI is InChI=1S/C15H18N2O/c1-11-9-13(10-14(18-4)12(11)2)17(3)15-7-5-6-8-16-15/h5-10H,1-4H3. The quantitative estimate of drug-likeness (QED) is 0.824. The molecule has 0 spiro atoms. The van der Waals surface area contributed by atoms with Gasteiger partial charge in [-0.1, -0.05) is 6.07 Å². The molecule has 1 aromatic carbocycles. The fraction of sp³-hybridized carbons (Fsp3) is 0.267. The second-order valence-corrected chi connectivity index (χ2v) is 4.34. The number of ether oxygens (including phenoxy) is 1. The van der Waals surface area contributed by atoms with Gasteiger partial charge in [0.1, 0.15) is 11.6 Å². The Balaban J connectivity index is 2.43. The Bertz CT molecular complexity index is 538. The minimum atomic E-state index is 0.910. The van der Waals surface area contributed by atoms with E-state index in [4.69, 9.17) is 4.74 Å². The number of benzene rings is 1. The summed E-state index contributed by atoms with van der Waals surface area (Å²) in [4.78, 5) is 6.40. The zero-order chi connectivity index (χ0) is 13.1. The molecule has 3 heteroatoms. The number of nitrogens with zero attached hydrogens (tertiary/aromatic N) is 2. The number of hydrogen-bond donors (Lipinski definition) is 0. The van der Waals surface area contributed by atoms with Crippen molar-refractivity contribution in [3.8, 4) is 5.75 Å². The van der Waals surface area contributed by atoms with Crippen LogP contribution in [-0.2, 0) is 0 Å². The third kappa shape index (κ3) is 2.30. The number of hydrogen-bond acceptors (Lipinski definition) is 3. The molecular weight excluding hydrogens is 224 g/mol. The third-order valence-electron chi connectivity index (χ3n) is 3.20. The van der Waals surface area contributed by atoms with Crippen LogP contribution in [-0.4, -0.2) is 19.1 Å². The van der Waals surface area contributed by atoms with Crippen LogP contribution in [0.15, 0.2) is 36.5 Å². The van der Waals surface area contributed by atoms with E-state index in [9.17, 15) is 0 Å². The Morgan fingerprint density at radius 3 is 2.56 bits per heavy atom. The highest BCUT2D eigenvalue weighted by Gasteiger charge is 2.09. The van der Waals surface area contributed by atoms with Crippen LogP contribution >= 0.6 is 0 Å². The maximum absolute atomic E-state index is 5.41. The SMILES string of the molecule is COc1cc(N(C)c2ccccn2)cc(C)c1C. The number of methoxy groups -OCH3 is 1. The second-order valence-electron chi connectivity index (χ2n) is 4.34. The van der Waals surface area contributed by atoms with E-state index in [2.05, 4.69) is 29.8 Å². The van der Waals surface area contributed by atoms with E-state index in [1.165, 1.54) is 11.1 Å². The highest BCUT2D eigenvalue weighted by molar-refractivity contribution is 5.63. The first kappa shape index (κ1) is 12.4. The molecule has 0 radical (unpaired) electrons. The van der Waals surface area contributed by atoms with Crippen molar-refractivity contribution in [2.75, 3.05) is 19.1 Å². The number of anilines is 2. The van der Waals surface area contributed by atoms with Crippen molar-refractivity contribution < 1.29 is 4.74 Å². The molecule has 0 saturated heterocycles. The van der Waals surface area contributed by atoms with Gasteiger partial charge >= 0.3 is 0 Å². The van der Waals surface area contributed by atoms with Crippen molar-refractivity contribution in [3.05, 3.63) is 47.7 Å². The van der Waals surface area contributed by atoms with Gasteiger partial charge in [-0.15, -0.1) is 0 Å². The number of pyridine rings is 1. The summed E-state index contributed by atoms with van der Waals surface area (Å²) in [6, 6.07) is 10.1. The number of aryl methyl sites for hydroxylation is 1. The summed E-state index contributed by atoms with van der Waals surface area (Å²) >= 11 is 0. The van der Waals surface area contributed by atoms with Crippen molar-refractivity contribution in [1.29, 1.82) is 0 Å². The van der Waals surface area contributed by atoms with Gasteiger partial charge < -0.3 is 9.64 Å². The van der Waals surface area contributed by atoms with Crippen LogP contribution < -0.4 is 9.64 Å². The molecule has 0 aliphatic carbocycles. The Labute approximate surface area is 108 Å². The van der Waals surface area contributed by atoms with Gasteiger partial charge in [0.05, 0.1) is 7.11 Å². The molecule has 1 heterocycles. The lowest BCUT2D eigenvalue weighted by Crippen LogP contribution is -2.11. The molecule has 0 unspecified atom stereocenters. The van der Waals surface area contributed by atoms with Gasteiger partial charge in [-0.25, -0.2) is 4.98 Å². The Kier molecular flexibility index (Phi) is 3.51. The smallest absolute Gasteiger partial charge is 0.132 e. The lowest BCUT2D eigenvalue weighted by molar-refractivity contribution is 0.411.